The molecule has 0 atom stereocenters. The van der Waals surface area contributed by atoms with Crippen LogP contribution in [0.1, 0.15) is 22.6 Å². The minimum absolute atomic E-state index is 0.104. The highest BCUT2D eigenvalue weighted by molar-refractivity contribution is 5.90. The maximum absolute atomic E-state index is 12.5. The number of nitrogens with one attached hydrogen (secondary N) is 1. The first kappa shape index (κ1) is 18.5. The first-order valence-corrected chi connectivity index (χ1v) is 8.74. The van der Waals surface area contributed by atoms with E-state index >= 15 is 0 Å². The molecule has 0 aliphatic carbocycles. The molecule has 0 bridgehead atoms. The van der Waals surface area contributed by atoms with Crippen LogP contribution in [0.5, 0.6) is 0 Å². The highest BCUT2D eigenvalue weighted by Crippen LogP contribution is 2.27. The van der Waals surface area contributed by atoms with Crippen LogP contribution >= 0.6 is 0 Å². The largest absolute Gasteiger partial charge is 0.348 e. The quantitative estimate of drug-likeness (QED) is 0.773. The monoisotopic (exact) mass is 362 g/mol. The third-order valence-corrected chi connectivity index (χ3v) is 4.52. The second-order valence-corrected chi connectivity index (χ2v) is 6.59. The van der Waals surface area contributed by atoms with Crippen molar-refractivity contribution in [3.05, 3.63) is 75.6 Å². The van der Waals surface area contributed by atoms with Crippen LogP contribution in [0, 0.1) is 27.7 Å². The number of amides is 1. The Bertz CT molecular complexity index is 1060. The Kier molecular flexibility index (Phi) is 5.16. The Hall–Kier alpha value is -3.28. The van der Waals surface area contributed by atoms with Gasteiger partial charge in [0, 0.05) is 17.1 Å². The van der Waals surface area contributed by atoms with E-state index in [4.69, 9.17) is 0 Å². The smallest absolute Gasteiger partial charge is 0.309 e. The lowest BCUT2D eigenvalue weighted by atomic mass is 10.0. The second kappa shape index (κ2) is 7.53. The summed E-state index contributed by atoms with van der Waals surface area (Å²) in [6.45, 7) is 7.36. The van der Waals surface area contributed by atoms with Crippen molar-refractivity contribution in [2.24, 2.45) is 0 Å². The number of benzene rings is 1. The molecule has 6 heteroatoms. The van der Waals surface area contributed by atoms with E-state index in [1.54, 1.807) is 19.9 Å². The number of carbonyl (C=O) groups excluding carboxylic acids is 1. The maximum atomic E-state index is 12.5. The fourth-order valence-corrected chi connectivity index (χ4v) is 3.01. The van der Waals surface area contributed by atoms with Crippen molar-refractivity contribution in [1.82, 2.24) is 14.5 Å². The van der Waals surface area contributed by atoms with Crippen molar-refractivity contribution in [3.63, 3.8) is 0 Å². The van der Waals surface area contributed by atoms with E-state index in [-0.39, 0.29) is 12.5 Å². The molecule has 138 valence electrons. The number of rotatable bonds is 4. The van der Waals surface area contributed by atoms with Gasteiger partial charge in [0.2, 0.25) is 5.91 Å². The summed E-state index contributed by atoms with van der Waals surface area (Å²) in [6.07, 6.45) is 0. The Morgan fingerprint density at radius 1 is 1.04 bits per heavy atom. The number of hydrogen-bond acceptors (Lipinski definition) is 4. The maximum Gasteiger partial charge on any atom is 0.348 e. The summed E-state index contributed by atoms with van der Waals surface area (Å²) in [5.74, 6) is 0.147. The second-order valence-electron chi connectivity index (χ2n) is 6.59. The average molecular weight is 362 g/mol. The Balaban J connectivity index is 1.87. The summed E-state index contributed by atoms with van der Waals surface area (Å²) in [5.41, 5.74) is 4.89. The highest BCUT2D eigenvalue weighted by Gasteiger charge is 2.12. The van der Waals surface area contributed by atoms with Crippen molar-refractivity contribution < 1.29 is 4.79 Å². The summed E-state index contributed by atoms with van der Waals surface area (Å²) >= 11 is 0. The van der Waals surface area contributed by atoms with E-state index in [1.807, 2.05) is 50.2 Å². The van der Waals surface area contributed by atoms with E-state index < -0.39 is 5.69 Å². The molecule has 1 amide bonds. The Morgan fingerprint density at radius 3 is 2.41 bits per heavy atom. The number of pyridine rings is 1. The molecule has 0 aliphatic rings. The first-order chi connectivity index (χ1) is 12.8. The summed E-state index contributed by atoms with van der Waals surface area (Å²) in [5, 5.41) is 2.80. The molecule has 27 heavy (non-hydrogen) atoms. The fourth-order valence-electron chi connectivity index (χ4n) is 3.01. The topological polar surface area (TPSA) is 76.9 Å². The summed E-state index contributed by atoms with van der Waals surface area (Å²) < 4.78 is 1.35. The standard InChI is InChI=1S/C21H22N4O2/c1-13-10-14(2)25(21(27)22-13)12-20(26)24-19-11-18(15(3)16(4)23-19)17-8-6-5-7-9-17/h5-11H,12H2,1-4H3,(H,23,24,26). The molecule has 3 aromatic rings. The minimum Gasteiger partial charge on any atom is -0.309 e. The number of anilines is 1. The van der Waals surface area contributed by atoms with Crippen molar-refractivity contribution in [2.45, 2.75) is 34.2 Å². The van der Waals surface area contributed by atoms with Gasteiger partial charge < -0.3 is 5.32 Å². The van der Waals surface area contributed by atoms with Crippen LogP contribution in [0.25, 0.3) is 11.1 Å². The van der Waals surface area contributed by atoms with Gasteiger partial charge in [-0.2, -0.15) is 4.98 Å². The molecule has 0 saturated heterocycles. The van der Waals surface area contributed by atoms with E-state index in [2.05, 4.69) is 15.3 Å². The molecule has 6 nitrogen and oxygen atoms in total. The number of carbonyl (C=O) groups is 1. The molecule has 1 N–H and O–H groups in total. The van der Waals surface area contributed by atoms with Crippen LogP contribution in [-0.2, 0) is 11.3 Å². The molecule has 0 radical (unpaired) electrons. The molecule has 2 aromatic heterocycles. The molecule has 2 heterocycles. The number of nitrogens with zero attached hydrogens (tertiary/aromatic N) is 3. The van der Waals surface area contributed by atoms with Crippen molar-refractivity contribution in [2.75, 3.05) is 5.32 Å². The van der Waals surface area contributed by atoms with Crippen LogP contribution in [0.4, 0.5) is 5.82 Å². The average Bonchev–Trinajstić information content (AvgIpc) is 2.62. The fraction of sp³-hybridized carbons (Fsp3) is 0.238. The normalized spacial score (nSPS) is 10.7. The molecular formula is C21H22N4O2. The summed E-state index contributed by atoms with van der Waals surface area (Å²) in [7, 11) is 0. The summed E-state index contributed by atoms with van der Waals surface area (Å²) in [4.78, 5) is 32.9. The zero-order chi connectivity index (χ0) is 19.6. The van der Waals surface area contributed by atoms with Gasteiger partial charge in [0.15, 0.2) is 0 Å². The highest BCUT2D eigenvalue weighted by atomic mass is 16.2. The lowest BCUT2D eigenvalue weighted by Gasteiger charge is -2.13. The van der Waals surface area contributed by atoms with Gasteiger partial charge in [-0.1, -0.05) is 30.3 Å². The lowest BCUT2D eigenvalue weighted by molar-refractivity contribution is -0.116. The van der Waals surface area contributed by atoms with Gasteiger partial charge >= 0.3 is 5.69 Å². The third kappa shape index (κ3) is 4.11. The minimum atomic E-state index is -0.430. The van der Waals surface area contributed by atoms with Gasteiger partial charge in [-0.3, -0.25) is 9.36 Å². The van der Waals surface area contributed by atoms with E-state index in [1.165, 1.54) is 4.57 Å². The lowest BCUT2D eigenvalue weighted by Crippen LogP contribution is -2.31. The molecule has 1 aromatic carbocycles. The van der Waals surface area contributed by atoms with Gasteiger partial charge in [0.1, 0.15) is 12.4 Å². The summed E-state index contributed by atoms with van der Waals surface area (Å²) in [6, 6.07) is 13.6. The van der Waals surface area contributed by atoms with Gasteiger partial charge in [-0.05, 0) is 56.5 Å². The SMILES string of the molecule is Cc1cc(C)n(CC(=O)Nc2cc(-c3ccccc3)c(C)c(C)n2)c(=O)n1. The number of hydrogen-bond donors (Lipinski definition) is 1. The zero-order valence-corrected chi connectivity index (χ0v) is 15.9. The number of aromatic nitrogens is 3. The molecule has 0 saturated carbocycles. The molecule has 0 spiro atoms. The molecule has 0 aliphatic heterocycles. The van der Waals surface area contributed by atoms with Crippen LogP contribution in [-0.4, -0.2) is 20.4 Å². The first-order valence-electron chi connectivity index (χ1n) is 8.74. The predicted molar refractivity (Wildman–Crippen MR) is 106 cm³/mol. The van der Waals surface area contributed by atoms with Crippen LogP contribution in [0.15, 0.2) is 47.3 Å². The van der Waals surface area contributed by atoms with Crippen LogP contribution in [0.2, 0.25) is 0 Å². The molecule has 0 unspecified atom stereocenters. The Morgan fingerprint density at radius 2 is 1.74 bits per heavy atom. The molecule has 3 rings (SSSR count). The Labute approximate surface area is 157 Å². The van der Waals surface area contributed by atoms with Crippen LogP contribution < -0.4 is 11.0 Å². The van der Waals surface area contributed by atoms with E-state index in [0.717, 1.165) is 22.4 Å². The van der Waals surface area contributed by atoms with Gasteiger partial charge in [0.05, 0.1) is 0 Å². The van der Waals surface area contributed by atoms with Gasteiger partial charge in [-0.25, -0.2) is 9.78 Å². The van der Waals surface area contributed by atoms with Crippen LogP contribution in [0.3, 0.4) is 0 Å². The predicted octanol–water partition coefficient (Wildman–Crippen LogP) is 3.18. The molecular weight excluding hydrogens is 340 g/mol. The third-order valence-electron chi connectivity index (χ3n) is 4.52. The molecule has 0 fully saturated rings. The zero-order valence-electron chi connectivity index (χ0n) is 15.9. The number of aryl methyl sites for hydroxylation is 3. The van der Waals surface area contributed by atoms with Gasteiger partial charge in [0.25, 0.3) is 0 Å². The van der Waals surface area contributed by atoms with Gasteiger partial charge in [-0.15, -0.1) is 0 Å². The van der Waals surface area contributed by atoms with E-state index in [0.29, 0.717) is 17.2 Å². The van der Waals surface area contributed by atoms with E-state index in [9.17, 15) is 9.59 Å². The van der Waals surface area contributed by atoms with Crippen molar-refractivity contribution >= 4 is 11.7 Å². The van der Waals surface area contributed by atoms with Crippen molar-refractivity contribution in [1.29, 1.82) is 0 Å². The van der Waals surface area contributed by atoms with Crippen molar-refractivity contribution in [3.8, 4) is 11.1 Å².